The Morgan fingerprint density at radius 3 is 2.52 bits per heavy atom. The highest BCUT2D eigenvalue weighted by atomic mass is 32.1. The Morgan fingerprint density at radius 2 is 1.69 bits per heavy atom. The van der Waals surface area contributed by atoms with Crippen LogP contribution in [0.2, 0.25) is 0 Å². The first-order valence-corrected chi connectivity index (χ1v) is 10.8. The van der Waals surface area contributed by atoms with Crippen LogP contribution >= 0.6 is 11.3 Å². The molecule has 1 aliphatic rings. The lowest BCUT2D eigenvalue weighted by Crippen LogP contribution is -2.46. The molecule has 0 bridgehead atoms. The number of hydrogen-bond donors (Lipinski definition) is 1. The van der Waals surface area contributed by atoms with E-state index in [1.807, 2.05) is 11.3 Å². The number of rotatable bonds is 4. The maximum absolute atomic E-state index is 5.65. The van der Waals surface area contributed by atoms with Gasteiger partial charge in [-0.2, -0.15) is 0 Å². The molecule has 29 heavy (non-hydrogen) atoms. The van der Waals surface area contributed by atoms with E-state index in [-0.39, 0.29) is 0 Å². The van der Waals surface area contributed by atoms with Crippen LogP contribution in [0.5, 0.6) is 0 Å². The normalized spacial score (nSPS) is 15.1. The molecule has 0 amide bonds. The number of benzene rings is 2. The Kier molecular flexibility index (Phi) is 4.87. The fraction of sp³-hybridized carbons (Fsp3) is 0.217. The van der Waals surface area contributed by atoms with Gasteiger partial charge in [-0.15, -0.1) is 11.3 Å². The van der Waals surface area contributed by atoms with Crippen LogP contribution < -0.4 is 10.6 Å². The third kappa shape index (κ3) is 3.69. The van der Waals surface area contributed by atoms with Crippen molar-refractivity contribution in [3.63, 3.8) is 0 Å². The summed E-state index contributed by atoms with van der Waals surface area (Å²) >= 11 is 1.81. The molecule has 3 heterocycles. The Balaban J connectivity index is 1.30. The van der Waals surface area contributed by atoms with Gasteiger partial charge in [-0.1, -0.05) is 30.3 Å². The summed E-state index contributed by atoms with van der Waals surface area (Å²) in [6.07, 6.45) is 3.61. The predicted octanol–water partition coefficient (Wildman–Crippen LogP) is 4.26. The van der Waals surface area contributed by atoms with Crippen LogP contribution in [0, 0.1) is 0 Å². The predicted molar refractivity (Wildman–Crippen MR) is 121 cm³/mol. The van der Waals surface area contributed by atoms with Gasteiger partial charge in [0.25, 0.3) is 0 Å². The third-order valence-electron chi connectivity index (χ3n) is 5.58. The van der Waals surface area contributed by atoms with Gasteiger partial charge in [0.15, 0.2) is 0 Å². The minimum atomic E-state index is 0.308. The second-order valence-corrected chi connectivity index (χ2v) is 8.31. The lowest BCUT2D eigenvalue weighted by Gasteiger charge is -2.36. The zero-order chi connectivity index (χ0) is 19.6. The van der Waals surface area contributed by atoms with E-state index in [2.05, 4.69) is 73.7 Å². The van der Waals surface area contributed by atoms with Crippen molar-refractivity contribution >= 4 is 33.1 Å². The van der Waals surface area contributed by atoms with Crippen molar-refractivity contribution in [1.29, 1.82) is 0 Å². The first-order valence-electron chi connectivity index (χ1n) is 9.87. The monoisotopic (exact) mass is 401 g/mol. The molecule has 0 atom stereocenters. The van der Waals surface area contributed by atoms with Crippen LogP contribution in [0.25, 0.3) is 21.2 Å². The smallest absolute Gasteiger partial charge is 0.219 e. The van der Waals surface area contributed by atoms with Gasteiger partial charge in [0.05, 0.1) is 0 Å². The van der Waals surface area contributed by atoms with Crippen molar-refractivity contribution in [3.05, 3.63) is 71.9 Å². The molecule has 0 unspecified atom stereocenters. The Bertz CT molecular complexity index is 1110. The van der Waals surface area contributed by atoms with Gasteiger partial charge in [-0.3, -0.25) is 4.90 Å². The molecule has 0 spiro atoms. The minimum Gasteiger partial charge on any atom is -0.368 e. The molecule has 146 valence electrons. The summed E-state index contributed by atoms with van der Waals surface area (Å²) in [4.78, 5) is 13.4. The quantitative estimate of drug-likeness (QED) is 0.554. The third-order valence-corrected chi connectivity index (χ3v) is 6.46. The molecule has 2 aromatic heterocycles. The number of nitrogen functional groups attached to an aromatic ring is 1. The Hall–Kier alpha value is -2.96. The van der Waals surface area contributed by atoms with Crippen LogP contribution in [0.15, 0.2) is 66.3 Å². The molecular formula is C23H23N5S. The van der Waals surface area contributed by atoms with Crippen LogP contribution in [0.3, 0.4) is 0 Å². The topological polar surface area (TPSA) is 58.3 Å². The first-order chi connectivity index (χ1) is 14.3. The molecule has 1 aliphatic heterocycles. The largest absolute Gasteiger partial charge is 0.368 e. The van der Waals surface area contributed by atoms with Gasteiger partial charge < -0.3 is 10.6 Å². The molecule has 1 saturated heterocycles. The van der Waals surface area contributed by atoms with Gasteiger partial charge in [0.1, 0.15) is 0 Å². The van der Waals surface area contributed by atoms with E-state index in [4.69, 9.17) is 5.73 Å². The van der Waals surface area contributed by atoms with Gasteiger partial charge in [-0.05, 0) is 34.7 Å². The highest BCUT2D eigenvalue weighted by molar-refractivity contribution is 7.17. The van der Waals surface area contributed by atoms with Crippen molar-refractivity contribution in [3.8, 4) is 11.1 Å². The molecule has 5 nitrogen and oxygen atoms in total. The first kappa shape index (κ1) is 18.1. The maximum Gasteiger partial charge on any atom is 0.219 e. The lowest BCUT2D eigenvalue weighted by molar-refractivity contribution is 0.250. The molecular weight excluding hydrogens is 378 g/mol. The number of hydrogen-bond acceptors (Lipinski definition) is 6. The van der Waals surface area contributed by atoms with Crippen LogP contribution in [0.4, 0.5) is 11.6 Å². The van der Waals surface area contributed by atoms with Gasteiger partial charge in [0, 0.05) is 66.5 Å². The number of aromatic nitrogens is 2. The second kappa shape index (κ2) is 7.81. The number of nitrogens with zero attached hydrogens (tertiary/aromatic N) is 4. The number of piperazine rings is 1. The van der Waals surface area contributed by atoms with Crippen LogP contribution in [-0.2, 0) is 6.54 Å². The highest BCUT2D eigenvalue weighted by Crippen LogP contribution is 2.31. The summed E-state index contributed by atoms with van der Waals surface area (Å²) in [5.74, 6) is 0.308. The van der Waals surface area contributed by atoms with Gasteiger partial charge >= 0.3 is 0 Å². The summed E-state index contributed by atoms with van der Waals surface area (Å²) in [7, 11) is 0. The van der Waals surface area contributed by atoms with E-state index < -0.39 is 0 Å². The summed E-state index contributed by atoms with van der Waals surface area (Å²) < 4.78 is 1.37. The average Bonchev–Trinajstić information content (AvgIpc) is 3.25. The van der Waals surface area contributed by atoms with Crippen molar-refractivity contribution < 1.29 is 0 Å². The molecule has 5 rings (SSSR count). The second-order valence-electron chi connectivity index (χ2n) is 7.36. The van der Waals surface area contributed by atoms with E-state index in [1.165, 1.54) is 26.9 Å². The number of thiophene rings is 1. The number of nitrogens with two attached hydrogens (primary N) is 1. The fourth-order valence-electron chi connectivity index (χ4n) is 4.06. The summed E-state index contributed by atoms with van der Waals surface area (Å²) in [5.41, 5.74) is 10.5. The van der Waals surface area contributed by atoms with E-state index >= 15 is 0 Å². The summed E-state index contributed by atoms with van der Waals surface area (Å²) in [6.45, 7) is 5.11. The Morgan fingerprint density at radius 1 is 0.897 bits per heavy atom. The molecule has 0 radical (unpaired) electrons. The zero-order valence-corrected chi connectivity index (χ0v) is 17.0. The fourth-order valence-corrected chi connectivity index (χ4v) is 4.87. The van der Waals surface area contributed by atoms with Crippen molar-refractivity contribution in [2.45, 2.75) is 6.54 Å². The number of anilines is 2. The molecule has 6 heteroatoms. The van der Waals surface area contributed by atoms with Gasteiger partial charge in [-0.25, -0.2) is 9.97 Å². The van der Waals surface area contributed by atoms with Crippen molar-refractivity contribution in [1.82, 2.24) is 14.9 Å². The number of fused-ring (bicyclic) bond motifs is 1. The standard InChI is InChI=1S/C23H23N5S/c24-23-25-14-18(15-26-23)19-5-2-1-4-17(19)16-27-9-11-28(12-10-27)21-6-3-7-22-20(21)8-13-29-22/h1-8,13-15H,9-12,16H2,(H2,24,25,26). The van der Waals surface area contributed by atoms with E-state index in [0.29, 0.717) is 5.95 Å². The molecule has 4 aromatic rings. The molecule has 2 N–H and O–H groups in total. The molecule has 2 aromatic carbocycles. The zero-order valence-electron chi connectivity index (χ0n) is 16.2. The van der Waals surface area contributed by atoms with Crippen molar-refractivity contribution in [2.75, 3.05) is 36.8 Å². The SMILES string of the molecule is Nc1ncc(-c2ccccc2CN2CCN(c3cccc4sccc34)CC2)cn1. The minimum absolute atomic E-state index is 0.308. The van der Waals surface area contributed by atoms with Crippen LogP contribution in [0.1, 0.15) is 5.56 Å². The molecule has 0 saturated carbocycles. The van der Waals surface area contributed by atoms with E-state index in [9.17, 15) is 0 Å². The van der Waals surface area contributed by atoms with E-state index in [1.54, 1.807) is 12.4 Å². The highest BCUT2D eigenvalue weighted by Gasteiger charge is 2.20. The Labute approximate surface area is 174 Å². The maximum atomic E-state index is 5.65. The van der Waals surface area contributed by atoms with Crippen molar-refractivity contribution in [2.24, 2.45) is 0 Å². The van der Waals surface area contributed by atoms with Gasteiger partial charge in [0.2, 0.25) is 5.95 Å². The van der Waals surface area contributed by atoms with Crippen LogP contribution in [-0.4, -0.2) is 41.0 Å². The average molecular weight is 402 g/mol. The summed E-state index contributed by atoms with van der Waals surface area (Å²) in [6, 6.07) is 17.4. The van der Waals surface area contributed by atoms with E-state index in [0.717, 1.165) is 38.3 Å². The lowest BCUT2D eigenvalue weighted by atomic mass is 10.0. The molecule has 0 aliphatic carbocycles. The summed E-state index contributed by atoms with van der Waals surface area (Å²) in [5, 5.41) is 3.56. The molecule has 1 fully saturated rings.